The average molecular weight is 787 g/mol. The molecule has 0 aromatic heterocycles. The second-order valence-electron chi connectivity index (χ2n) is 11.3. The Hall–Kier alpha value is -4.29. The molecule has 2 rings (SSSR count). The molecule has 2 aliphatic heterocycles. The Labute approximate surface area is 295 Å². The van der Waals surface area contributed by atoms with E-state index in [-0.39, 0.29) is 0 Å². The van der Waals surface area contributed by atoms with Crippen molar-refractivity contribution in [3.8, 4) is 0 Å². The van der Waals surface area contributed by atoms with Crippen molar-refractivity contribution < 1.29 is 112 Å². The summed E-state index contributed by atoms with van der Waals surface area (Å²) in [6.07, 6.45) is -38.1. The predicted molar refractivity (Wildman–Crippen MR) is 150 cm³/mol. The molecule has 24 heteroatoms. The summed E-state index contributed by atoms with van der Waals surface area (Å²) in [6.45, 7) is 4.05. The quantitative estimate of drug-likeness (QED) is 0.145. The summed E-state index contributed by atoms with van der Waals surface area (Å²) in [7, 11) is 0. The van der Waals surface area contributed by atoms with Crippen LogP contribution < -0.4 is 0 Å². The van der Waals surface area contributed by atoms with Crippen molar-refractivity contribution >= 4 is 41.8 Å². The minimum Gasteiger partial charge on any atom is -0.463 e. The molecular formula is C29H36F6O18. The molecule has 0 saturated carbocycles. The topological polar surface area (TPSA) is 221 Å². The van der Waals surface area contributed by atoms with Gasteiger partial charge in [-0.2, -0.15) is 26.3 Å². The van der Waals surface area contributed by atoms with E-state index in [1.54, 1.807) is 0 Å². The Bertz CT molecular complexity index is 1340. The number of alkyl halides is 6. The fourth-order valence-electron chi connectivity index (χ4n) is 5.06. The Morgan fingerprint density at radius 1 is 0.472 bits per heavy atom. The largest absolute Gasteiger partial charge is 0.463 e. The molecule has 2 aliphatic rings. The van der Waals surface area contributed by atoms with E-state index in [2.05, 4.69) is 4.74 Å². The van der Waals surface area contributed by atoms with Gasteiger partial charge < -0.3 is 52.1 Å². The standard InChI is InChI=1S/C29H36F6O18/c1-10(36)43-8-17-19(45-12(3)38)21(46-13(4)39)23(48-15(6)41)25(50-17)52-20-18(9-44-11(2)37)51-26(53-27(28(30,31)32)29(33,34)35)24(49-16(7)42)22(20)47-14(5)40/h17-27H,8-9H2,1-7H3/t17-,18-,19-,20-,21+,22+,23-,24-,25-,26+/m1/s1. The summed E-state index contributed by atoms with van der Waals surface area (Å²) in [5.74, 6) is -7.83. The van der Waals surface area contributed by atoms with Crippen LogP contribution in [0.25, 0.3) is 0 Å². The van der Waals surface area contributed by atoms with Gasteiger partial charge in [0.15, 0.2) is 43.1 Å². The lowest BCUT2D eigenvalue weighted by molar-refractivity contribution is -0.397. The number of esters is 7. The van der Waals surface area contributed by atoms with Gasteiger partial charge in [-0.25, -0.2) is 0 Å². The molecule has 2 saturated heterocycles. The highest BCUT2D eigenvalue weighted by Gasteiger charge is 2.63. The first-order valence-corrected chi connectivity index (χ1v) is 15.2. The lowest BCUT2D eigenvalue weighted by atomic mass is 9.96. The van der Waals surface area contributed by atoms with Gasteiger partial charge in [0.1, 0.15) is 31.5 Å². The molecule has 53 heavy (non-hydrogen) atoms. The van der Waals surface area contributed by atoms with Gasteiger partial charge in [-0.05, 0) is 0 Å². The molecule has 2 fully saturated rings. The monoisotopic (exact) mass is 786 g/mol. The van der Waals surface area contributed by atoms with E-state index in [1.165, 1.54) is 0 Å². The summed E-state index contributed by atoms with van der Waals surface area (Å²) in [5, 5.41) is 0. The fraction of sp³-hybridized carbons (Fsp3) is 0.759. The van der Waals surface area contributed by atoms with Crippen LogP contribution in [-0.2, 0) is 85.7 Å². The zero-order valence-electron chi connectivity index (χ0n) is 28.9. The van der Waals surface area contributed by atoms with Crippen LogP contribution in [0.1, 0.15) is 48.5 Å². The van der Waals surface area contributed by atoms with Crippen molar-refractivity contribution in [3.63, 3.8) is 0 Å². The first-order valence-electron chi connectivity index (χ1n) is 15.2. The highest BCUT2D eigenvalue weighted by atomic mass is 19.4. The van der Waals surface area contributed by atoms with E-state index in [4.69, 9.17) is 47.4 Å². The third kappa shape index (κ3) is 13.6. The van der Waals surface area contributed by atoms with Crippen molar-refractivity contribution in [2.24, 2.45) is 0 Å². The zero-order chi connectivity index (χ0) is 40.6. The molecule has 0 unspecified atom stereocenters. The van der Waals surface area contributed by atoms with Crippen LogP contribution in [0.5, 0.6) is 0 Å². The molecule has 18 nitrogen and oxygen atoms in total. The number of carbonyl (C=O) groups excluding carboxylic acids is 7. The van der Waals surface area contributed by atoms with E-state index in [1.807, 2.05) is 0 Å². The van der Waals surface area contributed by atoms with Gasteiger partial charge in [0.2, 0.25) is 0 Å². The molecule has 302 valence electrons. The number of hydrogen-bond donors (Lipinski definition) is 0. The predicted octanol–water partition coefficient (Wildman–Crippen LogP) is 1.12. The van der Waals surface area contributed by atoms with E-state index >= 15 is 0 Å². The maximum Gasteiger partial charge on any atom is 0.423 e. The lowest BCUT2D eigenvalue weighted by Crippen LogP contribution is -2.68. The van der Waals surface area contributed by atoms with Gasteiger partial charge in [-0.1, -0.05) is 0 Å². The molecule has 0 aromatic carbocycles. The Balaban J connectivity index is 2.82. The van der Waals surface area contributed by atoms with Gasteiger partial charge in [-0.15, -0.1) is 0 Å². The number of halogens is 6. The second-order valence-corrected chi connectivity index (χ2v) is 11.3. The zero-order valence-corrected chi connectivity index (χ0v) is 28.9. The molecule has 0 bridgehead atoms. The molecule has 2 heterocycles. The highest BCUT2D eigenvalue weighted by molar-refractivity contribution is 5.69. The summed E-state index contributed by atoms with van der Waals surface area (Å²) in [5.41, 5.74) is 0. The second kappa shape index (κ2) is 18.6. The van der Waals surface area contributed by atoms with Crippen molar-refractivity contribution in [3.05, 3.63) is 0 Å². The molecule has 0 aliphatic carbocycles. The van der Waals surface area contributed by atoms with Crippen molar-refractivity contribution in [2.45, 2.75) is 128 Å². The van der Waals surface area contributed by atoms with Crippen molar-refractivity contribution in [2.75, 3.05) is 13.2 Å². The average Bonchev–Trinajstić information content (AvgIpc) is 2.96. The summed E-state index contributed by atoms with van der Waals surface area (Å²) < 4.78 is 139. The molecule has 0 spiro atoms. The molecule has 0 radical (unpaired) electrons. The molecule has 0 amide bonds. The Morgan fingerprint density at radius 3 is 1.17 bits per heavy atom. The Kier molecular flexibility index (Phi) is 15.8. The van der Waals surface area contributed by atoms with Gasteiger partial charge >= 0.3 is 54.1 Å². The lowest BCUT2D eigenvalue weighted by Gasteiger charge is -2.49. The van der Waals surface area contributed by atoms with Crippen LogP contribution in [0.3, 0.4) is 0 Å². The smallest absolute Gasteiger partial charge is 0.423 e. The third-order valence-corrected chi connectivity index (χ3v) is 6.75. The van der Waals surface area contributed by atoms with Crippen LogP contribution in [0.4, 0.5) is 26.3 Å². The first kappa shape index (κ1) is 44.9. The first-order chi connectivity index (χ1) is 24.3. The van der Waals surface area contributed by atoms with Crippen LogP contribution >= 0.6 is 0 Å². The fourth-order valence-corrected chi connectivity index (χ4v) is 5.06. The van der Waals surface area contributed by atoms with Crippen LogP contribution in [-0.4, -0.2) is 135 Å². The van der Waals surface area contributed by atoms with Gasteiger partial charge in [0.05, 0.1) is 0 Å². The van der Waals surface area contributed by atoms with Gasteiger partial charge in [0, 0.05) is 48.5 Å². The normalized spacial score (nSPS) is 28.9. The van der Waals surface area contributed by atoms with E-state index < -0.39 is 135 Å². The van der Waals surface area contributed by atoms with Crippen molar-refractivity contribution in [1.29, 1.82) is 0 Å². The highest BCUT2D eigenvalue weighted by Crippen LogP contribution is 2.40. The van der Waals surface area contributed by atoms with Crippen LogP contribution in [0, 0.1) is 0 Å². The maximum absolute atomic E-state index is 13.6. The number of ether oxygens (including phenoxy) is 11. The van der Waals surface area contributed by atoms with E-state index in [0.717, 1.165) is 41.5 Å². The molecule has 10 atom stereocenters. The summed E-state index contributed by atoms with van der Waals surface area (Å²) >= 11 is 0. The number of hydrogen-bond acceptors (Lipinski definition) is 18. The van der Waals surface area contributed by atoms with E-state index in [9.17, 15) is 59.9 Å². The van der Waals surface area contributed by atoms with Crippen LogP contribution in [0.15, 0.2) is 0 Å². The summed E-state index contributed by atoms with van der Waals surface area (Å²) in [4.78, 5) is 84.5. The molecule has 0 aromatic rings. The summed E-state index contributed by atoms with van der Waals surface area (Å²) in [6, 6.07) is 0. The van der Waals surface area contributed by atoms with Gasteiger partial charge in [-0.3, -0.25) is 33.6 Å². The Morgan fingerprint density at radius 2 is 0.792 bits per heavy atom. The van der Waals surface area contributed by atoms with Crippen molar-refractivity contribution in [1.82, 2.24) is 0 Å². The van der Waals surface area contributed by atoms with Gasteiger partial charge in [0.25, 0.3) is 6.10 Å². The SMILES string of the molecule is CC(=O)OC[C@H]1O[C@H](O[C@H]2[C@H](OC(C)=O)[C@@H](OC(C)=O)[C@H](OC(C(F)(F)F)C(F)(F)F)O[C@@H]2COC(C)=O)[C@H](OC(C)=O)[C@@H](OC(C)=O)[C@@H]1OC(C)=O. The maximum atomic E-state index is 13.6. The minimum absolute atomic E-state index is 0.674. The minimum atomic E-state index is -6.13. The van der Waals surface area contributed by atoms with E-state index in [0.29, 0.717) is 6.92 Å². The van der Waals surface area contributed by atoms with Crippen LogP contribution in [0.2, 0.25) is 0 Å². The molecule has 0 N–H and O–H groups in total. The number of carbonyl (C=O) groups is 7. The third-order valence-electron chi connectivity index (χ3n) is 6.75. The number of rotatable bonds is 13. The molecular weight excluding hydrogens is 750 g/mol.